The first-order valence-electron chi connectivity index (χ1n) is 7.84. The molecular formula is C17H22FNO3S. The lowest BCUT2D eigenvalue weighted by atomic mass is 10.1. The van der Waals surface area contributed by atoms with Gasteiger partial charge < -0.3 is 10.1 Å². The second kappa shape index (κ2) is 9.03. The molecule has 4 nitrogen and oxygen atoms in total. The molecule has 0 spiro atoms. The molecule has 0 bridgehead atoms. The fourth-order valence-electron chi connectivity index (χ4n) is 1.97. The molecule has 0 unspecified atom stereocenters. The number of amides is 1. The van der Waals surface area contributed by atoms with Gasteiger partial charge >= 0.3 is 0 Å². The Morgan fingerprint density at radius 1 is 1.39 bits per heavy atom. The van der Waals surface area contributed by atoms with E-state index in [2.05, 4.69) is 5.32 Å². The van der Waals surface area contributed by atoms with Crippen LogP contribution in [0, 0.1) is 11.7 Å². The molecule has 1 saturated carbocycles. The maximum Gasteiger partial charge on any atom is 0.230 e. The Hall–Kier alpha value is -1.40. The SMILES string of the molecule is CC(=O)c1ccc(SCC(=O)NCCCOCC2CC2)c(F)c1. The molecule has 0 aliphatic heterocycles. The molecule has 0 aromatic heterocycles. The maximum atomic E-state index is 13.8. The van der Waals surface area contributed by atoms with Crippen molar-refractivity contribution in [3.8, 4) is 0 Å². The minimum atomic E-state index is -0.469. The van der Waals surface area contributed by atoms with Gasteiger partial charge in [-0.1, -0.05) is 6.07 Å². The first-order valence-corrected chi connectivity index (χ1v) is 8.82. The molecule has 1 fully saturated rings. The molecule has 1 aromatic rings. The number of carbonyl (C=O) groups excluding carboxylic acids is 2. The summed E-state index contributed by atoms with van der Waals surface area (Å²) < 4.78 is 19.3. The Morgan fingerprint density at radius 3 is 2.83 bits per heavy atom. The van der Waals surface area contributed by atoms with E-state index in [0.29, 0.717) is 23.6 Å². The summed E-state index contributed by atoms with van der Waals surface area (Å²) in [4.78, 5) is 23.2. The van der Waals surface area contributed by atoms with Gasteiger partial charge in [0.1, 0.15) is 5.82 Å². The maximum absolute atomic E-state index is 13.8. The van der Waals surface area contributed by atoms with E-state index < -0.39 is 5.82 Å². The molecule has 0 atom stereocenters. The topological polar surface area (TPSA) is 55.4 Å². The standard InChI is InChI=1S/C17H22FNO3S/c1-12(20)14-5-6-16(15(18)9-14)23-11-17(21)19-7-2-8-22-10-13-3-4-13/h5-6,9,13H,2-4,7-8,10-11H2,1H3,(H,19,21). The van der Waals surface area contributed by atoms with Gasteiger partial charge in [0, 0.05) is 30.2 Å². The number of hydrogen-bond donors (Lipinski definition) is 1. The number of benzene rings is 1. The van der Waals surface area contributed by atoms with E-state index in [9.17, 15) is 14.0 Å². The van der Waals surface area contributed by atoms with E-state index in [1.807, 2.05) is 0 Å². The lowest BCUT2D eigenvalue weighted by molar-refractivity contribution is -0.118. The quantitative estimate of drug-likeness (QED) is 0.404. The number of carbonyl (C=O) groups is 2. The molecule has 0 saturated heterocycles. The predicted octanol–water partition coefficient (Wildman–Crippen LogP) is 3.05. The van der Waals surface area contributed by atoms with Crippen molar-refractivity contribution in [2.45, 2.75) is 31.1 Å². The van der Waals surface area contributed by atoms with Gasteiger partial charge in [0.15, 0.2) is 5.78 Å². The highest BCUT2D eigenvalue weighted by Crippen LogP contribution is 2.28. The summed E-state index contributed by atoms with van der Waals surface area (Å²) in [7, 11) is 0. The van der Waals surface area contributed by atoms with Crippen LogP contribution in [0.2, 0.25) is 0 Å². The highest BCUT2D eigenvalue weighted by molar-refractivity contribution is 8.00. The Labute approximate surface area is 140 Å². The third-order valence-electron chi connectivity index (χ3n) is 3.54. The number of hydrogen-bond acceptors (Lipinski definition) is 4. The summed E-state index contributed by atoms with van der Waals surface area (Å²) in [6.45, 7) is 3.45. The van der Waals surface area contributed by atoms with Gasteiger partial charge in [-0.2, -0.15) is 0 Å². The zero-order valence-electron chi connectivity index (χ0n) is 13.3. The molecule has 0 radical (unpaired) electrons. The number of halogens is 1. The van der Waals surface area contributed by atoms with Crippen molar-refractivity contribution < 1.29 is 18.7 Å². The van der Waals surface area contributed by atoms with E-state index in [1.54, 1.807) is 6.07 Å². The van der Waals surface area contributed by atoms with Gasteiger partial charge in [0.25, 0.3) is 0 Å². The number of rotatable bonds is 10. The lowest BCUT2D eigenvalue weighted by Gasteiger charge is -2.07. The zero-order chi connectivity index (χ0) is 16.7. The smallest absolute Gasteiger partial charge is 0.230 e. The van der Waals surface area contributed by atoms with E-state index in [4.69, 9.17) is 4.74 Å². The fraction of sp³-hybridized carbons (Fsp3) is 0.529. The van der Waals surface area contributed by atoms with Gasteiger partial charge in [0.2, 0.25) is 5.91 Å². The molecule has 0 heterocycles. The van der Waals surface area contributed by atoms with Crippen LogP contribution in [0.5, 0.6) is 0 Å². The highest BCUT2D eigenvalue weighted by Gasteiger charge is 2.20. The second-order valence-electron chi connectivity index (χ2n) is 5.71. The molecule has 1 aromatic carbocycles. The van der Waals surface area contributed by atoms with Gasteiger partial charge in [0.05, 0.1) is 5.75 Å². The van der Waals surface area contributed by atoms with Crippen LogP contribution < -0.4 is 5.32 Å². The van der Waals surface area contributed by atoms with Crippen LogP contribution in [0.1, 0.15) is 36.5 Å². The highest BCUT2D eigenvalue weighted by atomic mass is 32.2. The molecule has 1 aliphatic rings. The summed E-state index contributed by atoms with van der Waals surface area (Å²) in [6.07, 6.45) is 3.33. The van der Waals surface area contributed by atoms with Gasteiger partial charge in [-0.05, 0) is 44.2 Å². The van der Waals surface area contributed by atoms with Crippen molar-refractivity contribution in [1.82, 2.24) is 5.32 Å². The molecular weight excluding hydrogens is 317 g/mol. The average molecular weight is 339 g/mol. The minimum absolute atomic E-state index is 0.132. The first-order chi connectivity index (χ1) is 11.1. The third-order valence-corrected chi connectivity index (χ3v) is 4.58. The summed E-state index contributed by atoms with van der Waals surface area (Å²) in [5, 5.41) is 2.79. The number of Topliss-reactive ketones (excluding diaryl/α,β-unsaturated/α-hetero) is 1. The Balaban J connectivity index is 1.60. The largest absolute Gasteiger partial charge is 0.381 e. The normalized spacial score (nSPS) is 13.8. The summed E-state index contributed by atoms with van der Waals surface area (Å²) in [6, 6.07) is 4.32. The van der Waals surface area contributed by atoms with Crippen molar-refractivity contribution in [2.75, 3.05) is 25.5 Å². The van der Waals surface area contributed by atoms with Crippen LogP contribution in [0.4, 0.5) is 4.39 Å². The van der Waals surface area contributed by atoms with Crippen LogP contribution in [0.3, 0.4) is 0 Å². The van der Waals surface area contributed by atoms with E-state index in [1.165, 1.54) is 31.9 Å². The molecule has 1 aliphatic carbocycles. The second-order valence-corrected chi connectivity index (χ2v) is 6.73. The van der Waals surface area contributed by atoms with Crippen molar-refractivity contribution in [1.29, 1.82) is 0 Å². The first kappa shape index (κ1) is 17.9. The molecule has 6 heteroatoms. The predicted molar refractivity (Wildman–Crippen MR) is 88.3 cm³/mol. The molecule has 23 heavy (non-hydrogen) atoms. The van der Waals surface area contributed by atoms with Crippen molar-refractivity contribution in [3.05, 3.63) is 29.6 Å². The van der Waals surface area contributed by atoms with Gasteiger partial charge in [-0.3, -0.25) is 9.59 Å². The van der Waals surface area contributed by atoms with Gasteiger partial charge in [-0.15, -0.1) is 11.8 Å². The van der Waals surface area contributed by atoms with Crippen LogP contribution in [-0.4, -0.2) is 37.2 Å². The average Bonchev–Trinajstić information content (AvgIpc) is 3.33. The Morgan fingerprint density at radius 2 is 2.17 bits per heavy atom. The summed E-state index contributed by atoms with van der Waals surface area (Å²) in [5.41, 5.74) is 0.336. The van der Waals surface area contributed by atoms with Crippen LogP contribution in [0.25, 0.3) is 0 Å². The van der Waals surface area contributed by atoms with Crippen LogP contribution in [0.15, 0.2) is 23.1 Å². The number of thioether (sulfide) groups is 1. The Kier molecular flexibility index (Phi) is 7.05. The number of ketones is 1. The van der Waals surface area contributed by atoms with Crippen molar-refractivity contribution in [2.24, 2.45) is 5.92 Å². The van der Waals surface area contributed by atoms with Gasteiger partial charge in [-0.25, -0.2) is 4.39 Å². The lowest BCUT2D eigenvalue weighted by Crippen LogP contribution is -2.27. The van der Waals surface area contributed by atoms with E-state index in [-0.39, 0.29) is 17.4 Å². The molecule has 1 amide bonds. The zero-order valence-corrected chi connectivity index (χ0v) is 14.1. The molecule has 2 rings (SSSR count). The minimum Gasteiger partial charge on any atom is -0.381 e. The Bertz CT molecular complexity index is 561. The number of nitrogens with one attached hydrogen (secondary N) is 1. The fourth-order valence-corrected chi connectivity index (χ4v) is 2.72. The molecule has 126 valence electrons. The molecule has 1 N–H and O–H groups in total. The summed E-state index contributed by atoms with van der Waals surface area (Å²) >= 11 is 1.13. The van der Waals surface area contributed by atoms with E-state index in [0.717, 1.165) is 30.7 Å². The third kappa shape index (κ3) is 6.71. The summed E-state index contributed by atoms with van der Waals surface area (Å²) in [5.74, 6) is 0.128. The van der Waals surface area contributed by atoms with Crippen molar-refractivity contribution >= 4 is 23.5 Å². The van der Waals surface area contributed by atoms with Crippen LogP contribution >= 0.6 is 11.8 Å². The van der Waals surface area contributed by atoms with Crippen molar-refractivity contribution in [3.63, 3.8) is 0 Å². The van der Waals surface area contributed by atoms with E-state index >= 15 is 0 Å². The number of ether oxygens (including phenoxy) is 1. The van der Waals surface area contributed by atoms with Crippen LogP contribution in [-0.2, 0) is 9.53 Å². The monoisotopic (exact) mass is 339 g/mol.